The molecule has 1 heterocycles. The highest BCUT2D eigenvalue weighted by Gasteiger charge is 2.21. The summed E-state index contributed by atoms with van der Waals surface area (Å²) in [5, 5.41) is 9.88. The fraction of sp³-hybridized carbons (Fsp3) is 0.692. The van der Waals surface area contributed by atoms with Gasteiger partial charge in [-0.05, 0) is 36.3 Å². The summed E-state index contributed by atoms with van der Waals surface area (Å²) in [7, 11) is 0. The van der Waals surface area contributed by atoms with Crippen LogP contribution in [-0.4, -0.2) is 16.3 Å². The number of nitrogens with zero attached hydrogens (tertiary/aromatic N) is 1. The lowest BCUT2D eigenvalue weighted by Crippen LogP contribution is -2.05. The first-order valence-corrected chi connectivity index (χ1v) is 6.08. The molecule has 0 aromatic carbocycles. The molecule has 16 heavy (non-hydrogen) atoms. The quantitative estimate of drug-likeness (QED) is 0.804. The van der Waals surface area contributed by atoms with E-state index < -0.39 is 0 Å². The molecule has 1 aromatic heterocycles. The van der Waals surface area contributed by atoms with Gasteiger partial charge in [0.1, 0.15) is 6.73 Å². The van der Waals surface area contributed by atoms with Gasteiger partial charge in [-0.3, -0.25) is 0 Å². The summed E-state index contributed by atoms with van der Waals surface area (Å²) in [6, 6.07) is 1.96. The van der Waals surface area contributed by atoms with E-state index in [1.54, 1.807) is 0 Å². The first-order chi connectivity index (χ1) is 7.66. The smallest absolute Gasteiger partial charge is 0.122 e. The van der Waals surface area contributed by atoms with Crippen LogP contribution < -0.4 is 0 Å². The maximum absolute atomic E-state index is 9.88. The molecule has 0 spiro atoms. The molecule has 0 bridgehead atoms. The number of hydrogen-bond donors (Lipinski definition) is 1. The molecule has 1 saturated carbocycles. The van der Waals surface area contributed by atoms with Gasteiger partial charge in [-0.2, -0.15) is 0 Å². The Balaban J connectivity index is 1.81. The van der Waals surface area contributed by atoms with Crippen molar-refractivity contribution in [3.63, 3.8) is 0 Å². The molecule has 3 nitrogen and oxygen atoms in total. The number of aromatic nitrogens is 1. The van der Waals surface area contributed by atoms with Crippen molar-refractivity contribution < 1.29 is 9.84 Å². The largest absolute Gasteiger partial charge is 0.388 e. The highest BCUT2D eigenvalue weighted by Crippen LogP contribution is 2.29. The van der Waals surface area contributed by atoms with E-state index in [4.69, 9.17) is 4.74 Å². The van der Waals surface area contributed by atoms with Gasteiger partial charge >= 0.3 is 0 Å². The Morgan fingerprint density at radius 2 is 2.25 bits per heavy atom. The van der Waals surface area contributed by atoms with Crippen LogP contribution in [0.3, 0.4) is 0 Å². The lowest BCUT2D eigenvalue weighted by Gasteiger charge is -2.12. The summed E-state index contributed by atoms with van der Waals surface area (Å²) in [4.78, 5) is 0. The Labute approximate surface area is 97.0 Å². The lowest BCUT2D eigenvalue weighted by molar-refractivity contribution is 0.0686. The maximum atomic E-state index is 9.88. The summed E-state index contributed by atoms with van der Waals surface area (Å²) in [6.07, 6.45) is 6.21. The SMILES string of the molecule is CC(C)C(O)c1ccn(COCC2CC2)c1. The van der Waals surface area contributed by atoms with Crippen LogP contribution >= 0.6 is 0 Å². The molecule has 2 rings (SSSR count). The number of rotatable bonds is 6. The van der Waals surface area contributed by atoms with Crippen molar-refractivity contribution in [3.05, 3.63) is 24.0 Å². The summed E-state index contributed by atoms with van der Waals surface area (Å²) >= 11 is 0. The second-order valence-electron chi connectivity index (χ2n) is 5.09. The summed E-state index contributed by atoms with van der Waals surface area (Å²) in [5.74, 6) is 1.06. The van der Waals surface area contributed by atoms with Gasteiger partial charge in [0.25, 0.3) is 0 Å². The molecule has 1 N–H and O–H groups in total. The monoisotopic (exact) mass is 223 g/mol. The highest BCUT2D eigenvalue weighted by molar-refractivity contribution is 5.13. The molecule has 0 aliphatic heterocycles. The van der Waals surface area contributed by atoms with E-state index in [9.17, 15) is 5.11 Å². The molecule has 1 aliphatic carbocycles. The molecule has 1 unspecified atom stereocenters. The molecule has 1 fully saturated rings. The van der Waals surface area contributed by atoms with E-state index in [1.807, 2.05) is 36.9 Å². The molecule has 3 heteroatoms. The third kappa shape index (κ3) is 3.09. The normalized spacial score (nSPS) is 18.0. The third-order valence-electron chi connectivity index (χ3n) is 3.04. The fourth-order valence-electron chi connectivity index (χ4n) is 1.71. The average Bonchev–Trinajstić information content (AvgIpc) is 2.94. The number of aliphatic hydroxyl groups excluding tert-OH is 1. The zero-order chi connectivity index (χ0) is 11.5. The van der Waals surface area contributed by atoms with Crippen molar-refractivity contribution in [1.82, 2.24) is 4.57 Å². The summed E-state index contributed by atoms with van der Waals surface area (Å²) in [6.45, 7) is 5.51. The molecule has 90 valence electrons. The molecule has 1 aliphatic rings. The van der Waals surface area contributed by atoms with E-state index in [2.05, 4.69) is 0 Å². The topological polar surface area (TPSA) is 34.4 Å². The van der Waals surface area contributed by atoms with Crippen LogP contribution in [0.25, 0.3) is 0 Å². The van der Waals surface area contributed by atoms with Gasteiger partial charge in [0.05, 0.1) is 12.7 Å². The minimum Gasteiger partial charge on any atom is -0.388 e. The Hall–Kier alpha value is -0.800. The van der Waals surface area contributed by atoms with Crippen molar-refractivity contribution in [3.8, 4) is 0 Å². The lowest BCUT2D eigenvalue weighted by atomic mass is 10.0. The molecular formula is C13H21NO2. The minimum atomic E-state index is -0.371. The van der Waals surface area contributed by atoms with E-state index in [0.717, 1.165) is 18.1 Å². The Morgan fingerprint density at radius 3 is 2.88 bits per heavy atom. The molecule has 0 saturated heterocycles. The van der Waals surface area contributed by atoms with Crippen molar-refractivity contribution in [2.24, 2.45) is 11.8 Å². The van der Waals surface area contributed by atoms with Gasteiger partial charge in [0, 0.05) is 12.4 Å². The second kappa shape index (κ2) is 5.02. The third-order valence-corrected chi connectivity index (χ3v) is 3.04. The highest BCUT2D eigenvalue weighted by atomic mass is 16.5. The summed E-state index contributed by atoms with van der Waals surface area (Å²) < 4.78 is 7.57. The Morgan fingerprint density at radius 1 is 1.50 bits per heavy atom. The molecule has 0 radical (unpaired) electrons. The zero-order valence-electron chi connectivity index (χ0n) is 10.1. The molecule has 1 aromatic rings. The van der Waals surface area contributed by atoms with Crippen LogP contribution in [0.2, 0.25) is 0 Å². The van der Waals surface area contributed by atoms with Crippen LogP contribution in [-0.2, 0) is 11.5 Å². The van der Waals surface area contributed by atoms with Crippen LogP contribution in [0, 0.1) is 11.8 Å². The van der Waals surface area contributed by atoms with E-state index in [0.29, 0.717) is 6.73 Å². The predicted octanol–water partition coefficient (Wildman–Crippen LogP) is 2.56. The van der Waals surface area contributed by atoms with E-state index in [1.165, 1.54) is 12.8 Å². The van der Waals surface area contributed by atoms with Crippen molar-refractivity contribution in [1.29, 1.82) is 0 Å². The number of hydrogen-bond acceptors (Lipinski definition) is 2. The van der Waals surface area contributed by atoms with Gasteiger partial charge in [0.2, 0.25) is 0 Å². The molecular weight excluding hydrogens is 202 g/mol. The number of ether oxygens (including phenoxy) is 1. The van der Waals surface area contributed by atoms with Crippen molar-refractivity contribution in [2.75, 3.05) is 6.61 Å². The van der Waals surface area contributed by atoms with Gasteiger partial charge in [-0.15, -0.1) is 0 Å². The van der Waals surface area contributed by atoms with Gasteiger partial charge in [0.15, 0.2) is 0 Å². The van der Waals surface area contributed by atoms with Crippen molar-refractivity contribution >= 4 is 0 Å². The van der Waals surface area contributed by atoms with Gasteiger partial charge in [-0.1, -0.05) is 13.8 Å². The molecule has 0 amide bonds. The number of aliphatic hydroxyl groups is 1. The average molecular weight is 223 g/mol. The first kappa shape index (κ1) is 11.7. The van der Waals surface area contributed by atoms with Gasteiger partial charge in [-0.25, -0.2) is 0 Å². The summed E-state index contributed by atoms with van der Waals surface area (Å²) in [5.41, 5.74) is 0.977. The van der Waals surface area contributed by atoms with E-state index >= 15 is 0 Å². The zero-order valence-corrected chi connectivity index (χ0v) is 10.1. The van der Waals surface area contributed by atoms with Gasteiger partial charge < -0.3 is 14.4 Å². The minimum absolute atomic E-state index is 0.253. The fourth-order valence-corrected chi connectivity index (χ4v) is 1.71. The second-order valence-corrected chi connectivity index (χ2v) is 5.09. The van der Waals surface area contributed by atoms with Crippen LogP contribution in [0.15, 0.2) is 18.5 Å². The Kier molecular flexibility index (Phi) is 3.66. The predicted molar refractivity (Wildman–Crippen MR) is 62.9 cm³/mol. The Bertz CT molecular complexity index is 328. The van der Waals surface area contributed by atoms with Crippen LogP contribution in [0.1, 0.15) is 38.4 Å². The molecule has 1 atom stereocenters. The standard InChI is InChI=1S/C13H21NO2/c1-10(2)13(15)12-5-6-14(7-12)9-16-8-11-3-4-11/h5-7,10-11,13,15H,3-4,8-9H2,1-2H3. The first-order valence-electron chi connectivity index (χ1n) is 6.08. The van der Waals surface area contributed by atoms with Crippen LogP contribution in [0.4, 0.5) is 0 Å². The maximum Gasteiger partial charge on any atom is 0.122 e. The van der Waals surface area contributed by atoms with Crippen molar-refractivity contribution in [2.45, 2.75) is 39.5 Å². The van der Waals surface area contributed by atoms with Crippen LogP contribution in [0.5, 0.6) is 0 Å². The van der Waals surface area contributed by atoms with E-state index in [-0.39, 0.29) is 12.0 Å².